The molecule has 0 aliphatic rings. The molecule has 0 aromatic heterocycles. The standard InChI is InChI=1S/C13H23NO2.ClH.2H3N/c1-5-8-9-14-12(10(4)13(15)16)11(6-2)7-3;;;/h5,8,11,14H,6-7,9H2,1-4H3,(H,15,16);1H;2*1H3. The topological polar surface area (TPSA) is 125 Å². The lowest BCUT2D eigenvalue weighted by molar-refractivity contribution is -0.299. The Morgan fingerprint density at radius 1 is 1.26 bits per heavy atom. The predicted octanol–water partition coefficient (Wildman–Crippen LogP) is -0.631. The van der Waals surface area contributed by atoms with E-state index in [2.05, 4.69) is 19.2 Å². The molecule has 5 nitrogen and oxygen atoms in total. The van der Waals surface area contributed by atoms with Gasteiger partial charge in [0.2, 0.25) is 0 Å². The largest absolute Gasteiger partial charge is 1.00 e. The SMILES string of the molecule is CC=CCNC(=C(C)C(=O)[O-])C(CC)CC.[Cl-].[NH4+].[NH4+]. The van der Waals surface area contributed by atoms with Crippen molar-refractivity contribution in [2.75, 3.05) is 6.54 Å². The highest BCUT2D eigenvalue weighted by Crippen LogP contribution is 2.19. The Morgan fingerprint density at radius 2 is 1.74 bits per heavy atom. The molecule has 0 aromatic rings. The Kier molecular flexibility index (Phi) is 21.0. The number of hydrogen-bond donors (Lipinski definition) is 3. The van der Waals surface area contributed by atoms with Gasteiger partial charge >= 0.3 is 0 Å². The van der Waals surface area contributed by atoms with Crippen molar-refractivity contribution in [1.29, 1.82) is 0 Å². The van der Waals surface area contributed by atoms with Gasteiger partial charge in [0.1, 0.15) is 0 Å². The predicted molar refractivity (Wildman–Crippen MR) is 76.6 cm³/mol. The number of halogens is 1. The van der Waals surface area contributed by atoms with Gasteiger partial charge in [-0.3, -0.25) is 0 Å². The smallest absolute Gasteiger partial charge is 0.0689 e. The van der Waals surface area contributed by atoms with Crippen molar-refractivity contribution in [3.8, 4) is 0 Å². The first kappa shape index (κ1) is 26.5. The van der Waals surface area contributed by atoms with Gasteiger partial charge in [0, 0.05) is 12.2 Å². The highest BCUT2D eigenvalue weighted by atomic mass is 35.5. The third-order valence-corrected chi connectivity index (χ3v) is 2.75. The van der Waals surface area contributed by atoms with Gasteiger partial charge in [-0.05, 0) is 38.2 Å². The zero-order valence-electron chi connectivity index (χ0n) is 13.0. The number of rotatable bonds is 7. The number of carbonyl (C=O) groups excluding carboxylic acids is 1. The molecule has 0 saturated carbocycles. The van der Waals surface area contributed by atoms with Crippen LogP contribution >= 0.6 is 0 Å². The Labute approximate surface area is 123 Å². The van der Waals surface area contributed by atoms with E-state index in [4.69, 9.17) is 0 Å². The number of quaternary nitrogens is 2. The summed E-state index contributed by atoms with van der Waals surface area (Å²) in [5.74, 6) is -0.821. The minimum Gasteiger partial charge on any atom is -1.00 e. The summed E-state index contributed by atoms with van der Waals surface area (Å²) >= 11 is 0. The van der Waals surface area contributed by atoms with Crippen LogP contribution < -0.4 is 35.1 Å². The molecule has 0 heterocycles. The third-order valence-electron chi connectivity index (χ3n) is 2.75. The first-order chi connectivity index (χ1) is 7.58. The number of hydrogen-bond acceptors (Lipinski definition) is 3. The minimum absolute atomic E-state index is 0. The summed E-state index contributed by atoms with van der Waals surface area (Å²) in [4.78, 5) is 10.9. The molecule has 0 aliphatic heterocycles. The molecule has 9 N–H and O–H groups in total. The summed E-state index contributed by atoms with van der Waals surface area (Å²) < 4.78 is 0. The Bertz CT molecular complexity index is 288. The second-order valence-electron chi connectivity index (χ2n) is 3.79. The fourth-order valence-corrected chi connectivity index (χ4v) is 1.68. The van der Waals surface area contributed by atoms with E-state index in [0.717, 1.165) is 18.5 Å². The maximum atomic E-state index is 10.9. The van der Waals surface area contributed by atoms with Gasteiger partial charge in [0.05, 0.1) is 5.97 Å². The second-order valence-corrected chi connectivity index (χ2v) is 3.79. The van der Waals surface area contributed by atoms with E-state index in [1.807, 2.05) is 19.1 Å². The van der Waals surface area contributed by atoms with Crippen molar-refractivity contribution in [3.05, 3.63) is 23.4 Å². The summed E-state index contributed by atoms with van der Waals surface area (Å²) in [5, 5.41) is 14.1. The first-order valence-electron chi connectivity index (χ1n) is 5.85. The summed E-state index contributed by atoms with van der Waals surface area (Å²) in [6, 6.07) is 0. The van der Waals surface area contributed by atoms with Crippen LogP contribution in [0.25, 0.3) is 0 Å². The normalized spacial score (nSPS) is 11.0. The molecular formula is C13H30ClN3O2. The van der Waals surface area contributed by atoms with Crippen LogP contribution in [0.2, 0.25) is 0 Å². The molecule has 0 rings (SSSR count). The Morgan fingerprint density at radius 3 is 2.05 bits per heavy atom. The summed E-state index contributed by atoms with van der Waals surface area (Å²) in [6.45, 7) is 8.33. The highest BCUT2D eigenvalue weighted by Gasteiger charge is 2.13. The van der Waals surface area contributed by atoms with Crippen molar-refractivity contribution >= 4 is 5.97 Å². The summed E-state index contributed by atoms with van der Waals surface area (Å²) in [6.07, 6.45) is 5.76. The van der Waals surface area contributed by atoms with E-state index in [1.165, 1.54) is 0 Å². The number of aliphatic carboxylic acids is 1. The van der Waals surface area contributed by atoms with Crippen LogP contribution in [0.5, 0.6) is 0 Å². The van der Waals surface area contributed by atoms with E-state index < -0.39 is 5.97 Å². The van der Waals surface area contributed by atoms with Crippen molar-refractivity contribution in [2.45, 2.75) is 40.5 Å². The van der Waals surface area contributed by atoms with Gasteiger partial charge in [0.15, 0.2) is 0 Å². The monoisotopic (exact) mass is 295 g/mol. The van der Waals surface area contributed by atoms with Crippen LogP contribution in [-0.4, -0.2) is 12.5 Å². The molecule has 0 atom stereocenters. The van der Waals surface area contributed by atoms with Crippen LogP contribution in [-0.2, 0) is 4.79 Å². The average Bonchev–Trinajstić information content (AvgIpc) is 2.27. The van der Waals surface area contributed by atoms with E-state index in [1.54, 1.807) is 6.92 Å². The average molecular weight is 296 g/mol. The van der Waals surface area contributed by atoms with Gasteiger partial charge in [0.25, 0.3) is 0 Å². The lowest BCUT2D eigenvalue weighted by Crippen LogP contribution is -3.00. The van der Waals surface area contributed by atoms with Crippen LogP contribution in [0.3, 0.4) is 0 Å². The fourth-order valence-electron chi connectivity index (χ4n) is 1.68. The van der Waals surface area contributed by atoms with Gasteiger partial charge in [-0.2, -0.15) is 0 Å². The number of carbonyl (C=O) groups is 1. The fraction of sp³-hybridized carbons (Fsp3) is 0.615. The molecule has 19 heavy (non-hydrogen) atoms. The zero-order valence-corrected chi connectivity index (χ0v) is 13.8. The molecular weight excluding hydrogens is 266 g/mol. The van der Waals surface area contributed by atoms with Crippen molar-refractivity contribution in [2.24, 2.45) is 5.92 Å². The van der Waals surface area contributed by atoms with E-state index >= 15 is 0 Å². The van der Waals surface area contributed by atoms with Crippen molar-refractivity contribution in [1.82, 2.24) is 17.6 Å². The minimum atomic E-state index is -1.09. The van der Waals surface area contributed by atoms with Crippen LogP contribution in [0.1, 0.15) is 40.5 Å². The molecule has 0 aromatic carbocycles. The first-order valence-corrected chi connectivity index (χ1v) is 5.85. The molecule has 0 radical (unpaired) electrons. The molecule has 0 unspecified atom stereocenters. The molecule has 116 valence electrons. The maximum Gasteiger partial charge on any atom is 0.0689 e. The molecule has 0 aliphatic carbocycles. The van der Waals surface area contributed by atoms with Crippen molar-refractivity contribution < 1.29 is 22.3 Å². The molecule has 0 amide bonds. The van der Waals surface area contributed by atoms with E-state index in [-0.39, 0.29) is 30.6 Å². The second kappa shape index (κ2) is 15.0. The Hall–Kier alpha value is -1.04. The lowest BCUT2D eigenvalue weighted by Gasteiger charge is -2.22. The van der Waals surface area contributed by atoms with Gasteiger partial charge in [-0.15, -0.1) is 0 Å². The van der Waals surface area contributed by atoms with E-state index in [9.17, 15) is 9.90 Å². The lowest BCUT2D eigenvalue weighted by atomic mass is 9.95. The number of carboxylic acid groups (broad SMARTS) is 1. The third kappa shape index (κ3) is 9.53. The molecule has 6 heteroatoms. The van der Waals surface area contributed by atoms with E-state index in [0.29, 0.717) is 12.1 Å². The number of allylic oxidation sites excluding steroid dienone is 2. The maximum absolute atomic E-state index is 10.9. The van der Waals surface area contributed by atoms with Crippen LogP contribution in [0, 0.1) is 5.92 Å². The summed E-state index contributed by atoms with van der Waals surface area (Å²) in [5.41, 5.74) is 1.13. The number of nitrogens with one attached hydrogen (secondary N) is 1. The molecule has 0 fully saturated rings. The van der Waals surface area contributed by atoms with Crippen molar-refractivity contribution in [3.63, 3.8) is 0 Å². The summed E-state index contributed by atoms with van der Waals surface area (Å²) in [7, 11) is 0. The van der Waals surface area contributed by atoms with Gasteiger partial charge in [-0.1, -0.05) is 26.0 Å². The van der Waals surface area contributed by atoms with Gasteiger partial charge in [-0.25, -0.2) is 0 Å². The molecule has 0 saturated heterocycles. The zero-order chi connectivity index (χ0) is 12.6. The van der Waals surface area contributed by atoms with Crippen LogP contribution in [0.4, 0.5) is 0 Å². The Balaban J connectivity index is -0.000000375. The van der Waals surface area contributed by atoms with Crippen LogP contribution in [0.15, 0.2) is 23.4 Å². The quantitative estimate of drug-likeness (QED) is 0.427. The molecule has 0 bridgehead atoms. The van der Waals surface area contributed by atoms with Gasteiger partial charge < -0.3 is 39.9 Å². The molecule has 0 spiro atoms. The highest BCUT2D eigenvalue weighted by molar-refractivity contribution is 5.84. The number of carboxylic acids is 1.